The number of piperidine rings is 1. The zero-order valence-electron chi connectivity index (χ0n) is 19.7. The molecule has 10 heteroatoms. The van der Waals surface area contributed by atoms with Gasteiger partial charge in [-0.15, -0.1) is 12.4 Å². The Morgan fingerprint density at radius 2 is 1.97 bits per heavy atom. The van der Waals surface area contributed by atoms with E-state index in [2.05, 4.69) is 27.1 Å². The van der Waals surface area contributed by atoms with Gasteiger partial charge in [-0.25, -0.2) is 9.37 Å². The van der Waals surface area contributed by atoms with Gasteiger partial charge in [0.15, 0.2) is 23.0 Å². The van der Waals surface area contributed by atoms with Gasteiger partial charge >= 0.3 is 0 Å². The van der Waals surface area contributed by atoms with Crippen LogP contribution in [0, 0.1) is 18.7 Å². The Morgan fingerprint density at radius 3 is 2.66 bits per heavy atom. The van der Waals surface area contributed by atoms with E-state index in [1.165, 1.54) is 13.2 Å². The molecule has 0 aliphatic carbocycles. The fourth-order valence-electron chi connectivity index (χ4n) is 4.63. The van der Waals surface area contributed by atoms with E-state index in [0.29, 0.717) is 51.6 Å². The number of ether oxygens (including phenoxy) is 2. The molecule has 0 radical (unpaired) electrons. The number of phenolic OH excluding ortho intramolecular Hbond substituents is 1. The fraction of sp³-hybridized carbons (Fsp3) is 0.360. The van der Waals surface area contributed by atoms with Crippen molar-refractivity contribution in [3.05, 3.63) is 40.8 Å². The van der Waals surface area contributed by atoms with Gasteiger partial charge in [-0.05, 0) is 70.1 Å². The van der Waals surface area contributed by atoms with Crippen LogP contribution in [0.5, 0.6) is 17.2 Å². The van der Waals surface area contributed by atoms with Crippen molar-refractivity contribution in [2.75, 3.05) is 33.9 Å². The SMILES string of the molecule is COc1c(OCC2CCN(C)CC2)cc2c(c(-c3ccc(O)c(Cl)c3)nc3[nH]nc(C)c32)c1F.Cl. The summed E-state index contributed by atoms with van der Waals surface area (Å²) in [6.45, 7) is 4.39. The lowest BCUT2D eigenvalue weighted by Crippen LogP contribution is -2.32. The number of likely N-dealkylation sites (tertiary alicyclic amines) is 1. The number of benzene rings is 2. The zero-order chi connectivity index (χ0) is 24.0. The van der Waals surface area contributed by atoms with Crippen molar-refractivity contribution in [2.24, 2.45) is 5.92 Å². The first kappa shape index (κ1) is 25.3. The molecule has 2 aromatic heterocycles. The van der Waals surface area contributed by atoms with Crippen molar-refractivity contribution in [2.45, 2.75) is 19.8 Å². The Kier molecular flexibility index (Phi) is 7.26. The number of hydrogen-bond donors (Lipinski definition) is 2. The highest BCUT2D eigenvalue weighted by Gasteiger charge is 2.25. The van der Waals surface area contributed by atoms with Gasteiger partial charge in [0, 0.05) is 21.7 Å². The van der Waals surface area contributed by atoms with Crippen LogP contribution in [0.2, 0.25) is 5.02 Å². The Morgan fingerprint density at radius 1 is 1.23 bits per heavy atom. The summed E-state index contributed by atoms with van der Waals surface area (Å²) >= 11 is 6.15. The predicted octanol–water partition coefficient (Wildman–Crippen LogP) is 5.74. The van der Waals surface area contributed by atoms with E-state index in [-0.39, 0.29) is 34.3 Å². The zero-order valence-corrected chi connectivity index (χ0v) is 21.3. The second-order valence-electron chi connectivity index (χ2n) is 8.86. The predicted molar refractivity (Wildman–Crippen MR) is 138 cm³/mol. The third-order valence-electron chi connectivity index (χ3n) is 6.58. The van der Waals surface area contributed by atoms with Gasteiger partial charge in [0.1, 0.15) is 5.75 Å². The van der Waals surface area contributed by atoms with Crippen LogP contribution in [0.1, 0.15) is 18.5 Å². The number of fused-ring (bicyclic) bond motifs is 3. The first-order chi connectivity index (χ1) is 16.4. The number of H-pyrrole nitrogens is 1. The summed E-state index contributed by atoms with van der Waals surface area (Å²) in [5.74, 6) is 0.175. The lowest BCUT2D eigenvalue weighted by molar-refractivity contribution is 0.157. The number of aromatic nitrogens is 3. The van der Waals surface area contributed by atoms with Crippen LogP contribution in [0.25, 0.3) is 33.1 Å². The lowest BCUT2D eigenvalue weighted by atomic mass is 9.98. The second kappa shape index (κ2) is 10.0. The molecule has 0 saturated carbocycles. The van der Waals surface area contributed by atoms with E-state index in [9.17, 15) is 5.11 Å². The van der Waals surface area contributed by atoms with Crippen LogP contribution in [0.4, 0.5) is 4.39 Å². The Balaban J connectivity index is 0.00000289. The molecule has 0 unspecified atom stereocenters. The number of rotatable bonds is 5. The maximum atomic E-state index is 16.1. The van der Waals surface area contributed by atoms with Crippen LogP contribution >= 0.6 is 24.0 Å². The molecule has 1 aliphatic heterocycles. The minimum atomic E-state index is -0.562. The van der Waals surface area contributed by atoms with E-state index < -0.39 is 5.82 Å². The number of aryl methyl sites for hydroxylation is 1. The van der Waals surface area contributed by atoms with Gasteiger partial charge < -0.3 is 19.5 Å². The average molecular weight is 521 g/mol. The van der Waals surface area contributed by atoms with Crippen LogP contribution in [0.15, 0.2) is 24.3 Å². The van der Waals surface area contributed by atoms with Crippen LogP contribution in [-0.2, 0) is 0 Å². The van der Waals surface area contributed by atoms with E-state index in [0.717, 1.165) is 25.9 Å². The Bertz CT molecular complexity index is 1390. The van der Waals surface area contributed by atoms with Crippen LogP contribution < -0.4 is 9.47 Å². The topological polar surface area (TPSA) is 83.5 Å². The van der Waals surface area contributed by atoms with Crippen molar-refractivity contribution in [3.63, 3.8) is 0 Å². The molecular weight excluding hydrogens is 494 g/mol. The van der Waals surface area contributed by atoms with E-state index in [1.807, 2.05) is 13.0 Å². The molecular formula is C25H27Cl2FN4O3. The first-order valence-corrected chi connectivity index (χ1v) is 11.6. The molecule has 1 fully saturated rings. The number of hydrogen-bond acceptors (Lipinski definition) is 6. The van der Waals surface area contributed by atoms with Gasteiger partial charge in [-0.3, -0.25) is 5.10 Å². The summed E-state index contributed by atoms with van der Waals surface area (Å²) in [5.41, 5.74) is 2.15. The van der Waals surface area contributed by atoms with Gasteiger partial charge in [-0.1, -0.05) is 11.6 Å². The minimum absolute atomic E-state index is 0. The summed E-state index contributed by atoms with van der Waals surface area (Å²) in [6.07, 6.45) is 2.07. The maximum Gasteiger partial charge on any atom is 0.197 e. The molecule has 4 aromatic rings. The molecule has 0 spiro atoms. The molecule has 1 aliphatic rings. The number of nitrogens with zero attached hydrogens (tertiary/aromatic N) is 3. The maximum absolute atomic E-state index is 16.1. The minimum Gasteiger partial charge on any atom is -0.506 e. The summed E-state index contributed by atoms with van der Waals surface area (Å²) < 4.78 is 27.7. The van der Waals surface area contributed by atoms with E-state index in [1.54, 1.807) is 12.1 Å². The quantitative estimate of drug-likeness (QED) is 0.349. The third-order valence-corrected chi connectivity index (χ3v) is 6.89. The number of aromatic hydroxyl groups is 1. The highest BCUT2D eigenvalue weighted by molar-refractivity contribution is 6.32. The number of nitrogens with one attached hydrogen (secondary N) is 1. The fourth-order valence-corrected chi connectivity index (χ4v) is 4.81. The smallest absolute Gasteiger partial charge is 0.197 e. The first-order valence-electron chi connectivity index (χ1n) is 11.2. The number of phenols is 1. The molecule has 35 heavy (non-hydrogen) atoms. The molecule has 7 nitrogen and oxygen atoms in total. The van der Waals surface area contributed by atoms with E-state index in [4.69, 9.17) is 21.1 Å². The monoisotopic (exact) mass is 520 g/mol. The number of aromatic amines is 1. The number of methoxy groups -OCH3 is 1. The second-order valence-corrected chi connectivity index (χ2v) is 9.27. The van der Waals surface area contributed by atoms with Crippen molar-refractivity contribution >= 4 is 45.8 Å². The molecule has 5 rings (SSSR count). The molecule has 186 valence electrons. The summed E-state index contributed by atoms with van der Waals surface area (Å²) in [6, 6.07) is 6.48. The summed E-state index contributed by atoms with van der Waals surface area (Å²) in [5, 5.41) is 18.8. The normalized spacial score (nSPS) is 14.9. The third kappa shape index (κ3) is 4.58. The highest BCUT2D eigenvalue weighted by atomic mass is 35.5. The highest BCUT2D eigenvalue weighted by Crippen LogP contribution is 2.43. The van der Waals surface area contributed by atoms with Crippen molar-refractivity contribution in [1.82, 2.24) is 20.1 Å². The molecule has 2 N–H and O–H groups in total. The van der Waals surface area contributed by atoms with Crippen LogP contribution in [-0.4, -0.2) is 59.0 Å². The number of halogens is 3. The molecule has 0 bridgehead atoms. The Hall–Kier alpha value is -2.81. The molecule has 0 amide bonds. The van der Waals surface area contributed by atoms with Crippen molar-refractivity contribution in [3.8, 4) is 28.5 Å². The number of pyridine rings is 1. The Labute approximate surface area is 213 Å². The molecule has 2 aromatic carbocycles. The summed E-state index contributed by atoms with van der Waals surface area (Å²) in [7, 11) is 3.54. The standard InChI is InChI=1S/C25H26ClFN4O3.ClH/c1-13-20-16-11-19(34-12-14-6-8-31(2)9-7-14)24(33-3)22(27)21(16)23(28-25(20)30-29-13)15-4-5-18(32)17(26)10-15;/h4-5,10-11,14,32H,6-9,12H2,1-3H3,(H,28,29,30);1H. The van der Waals surface area contributed by atoms with Gasteiger partial charge in [0.2, 0.25) is 0 Å². The van der Waals surface area contributed by atoms with Crippen LogP contribution in [0.3, 0.4) is 0 Å². The summed E-state index contributed by atoms with van der Waals surface area (Å²) in [4.78, 5) is 6.96. The average Bonchev–Trinajstić information content (AvgIpc) is 3.20. The molecule has 1 saturated heterocycles. The van der Waals surface area contributed by atoms with Crippen molar-refractivity contribution in [1.29, 1.82) is 0 Å². The van der Waals surface area contributed by atoms with Crippen molar-refractivity contribution < 1.29 is 19.0 Å². The molecule has 3 heterocycles. The van der Waals surface area contributed by atoms with E-state index >= 15 is 4.39 Å². The lowest BCUT2D eigenvalue weighted by Gasteiger charge is -2.29. The van der Waals surface area contributed by atoms with Gasteiger partial charge in [-0.2, -0.15) is 5.10 Å². The molecule has 0 atom stereocenters. The largest absolute Gasteiger partial charge is 0.506 e. The van der Waals surface area contributed by atoms with Gasteiger partial charge in [0.25, 0.3) is 0 Å². The van der Waals surface area contributed by atoms with Gasteiger partial charge in [0.05, 0.1) is 30.1 Å².